The first-order chi connectivity index (χ1) is 10.4. The number of amides is 1. The lowest BCUT2D eigenvalue weighted by Gasteiger charge is -2.27. The molecule has 0 saturated carbocycles. The van der Waals surface area contributed by atoms with Gasteiger partial charge in [-0.3, -0.25) is 14.4 Å². The van der Waals surface area contributed by atoms with Crippen LogP contribution in [0.2, 0.25) is 0 Å². The summed E-state index contributed by atoms with van der Waals surface area (Å²) in [6, 6.07) is 9.47. The Balaban J connectivity index is 2.65. The largest absolute Gasteiger partial charge is 0.465 e. The minimum absolute atomic E-state index is 0.175. The summed E-state index contributed by atoms with van der Waals surface area (Å²) < 4.78 is 5.04. The van der Waals surface area contributed by atoms with Crippen molar-refractivity contribution in [1.29, 1.82) is 0 Å². The summed E-state index contributed by atoms with van der Waals surface area (Å²) in [5.41, 5.74) is 2.06. The summed E-state index contributed by atoms with van der Waals surface area (Å²) in [7, 11) is 0. The lowest BCUT2D eigenvalue weighted by atomic mass is 9.81. The van der Waals surface area contributed by atoms with Crippen molar-refractivity contribution in [1.82, 2.24) is 5.48 Å². The van der Waals surface area contributed by atoms with E-state index >= 15 is 0 Å². The van der Waals surface area contributed by atoms with Crippen LogP contribution in [0.25, 0.3) is 0 Å². The Labute approximate surface area is 131 Å². The van der Waals surface area contributed by atoms with Gasteiger partial charge in [0.05, 0.1) is 13.2 Å². The molecule has 1 aromatic rings. The number of benzene rings is 1. The Morgan fingerprint density at radius 2 is 1.86 bits per heavy atom. The molecule has 1 unspecified atom stereocenters. The van der Waals surface area contributed by atoms with Crippen molar-refractivity contribution in [2.24, 2.45) is 11.3 Å². The van der Waals surface area contributed by atoms with Crippen LogP contribution in [0.5, 0.6) is 0 Å². The van der Waals surface area contributed by atoms with E-state index in [0.717, 1.165) is 5.56 Å². The molecule has 0 bridgehead atoms. The van der Waals surface area contributed by atoms with E-state index in [1.807, 2.05) is 44.2 Å². The number of rotatable bonds is 8. The molecule has 0 heterocycles. The maximum Gasteiger partial charge on any atom is 0.321 e. The van der Waals surface area contributed by atoms with Crippen LogP contribution in [0.15, 0.2) is 30.3 Å². The SMILES string of the molecule is CCOC(=O)C(C)(CC(C)C)C(=O)NOCc1ccccc1. The summed E-state index contributed by atoms with van der Waals surface area (Å²) in [6.45, 7) is 7.70. The number of carbonyl (C=O) groups excluding carboxylic acids is 2. The van der Waals surface area contributed by atoms with E-state index in [-0.39, 0.29) is 19.1 Å². The lowest BCUT2D eigenvalue weighted by molar-refractivity contribution is -0.166. The number of esters is 1. The van der Waals surface area contributed by atoms with E-state index in [4.69, 9.17) is 9.57 Å². The Morgan fingerprint density at radius 3 is 2.41 bits per heavy atom. The zero-order valence-electron chi connectivity index (χ0n) is 13.7. The van der Waals surface area contributed by atoms with Gasteiger partial charge in [0.2, 0.25) is 0 Å². The van der Waals surface area contributed by atoms with Crippen LogP contribution < -0.4 is 5.48 Å². The highest BCUT2D eigenvalue weighted by molar-refractivity contribution is 6.01. The first-order valence-corrected chi connectivity index (χ1v) is 7.53. The van der Waals surface area contributed by atoms with Gasteiger partial charge < -0.3 is 4.74 Å². The van der Waals surface area contributed by atoms with Crippen LogP contribution >= 0.6 is 0 Å². The fourth-order valence-electron chi connectivity index (χ4n) is 2.25. The molecule has 1 atom stereocenters. The predicted molar refractivity (Wildman–Crippen MR) is 83.6 cm³/mol. The number of carbonyl (C=O) groups is 2. The number of hydrogen-bond acceptors (Lipinski definition) is 4. The van der Waals surface area contributed by atoms with E-state index < -0.39 is 17.3 Å². The second-order valence-electron chi connectivity index (χ2n) is 5.86. The first kappa shape index (κ1) is 18.2. The van der Waals surface area contributed by atoms with Gasteiger partial charge in [0.1, 0.15) is 5.41 Å². The third-order valence-electron chi connectivity index (χ3n) is 3.29. The van der Waals surface area contributed by atoms with Crippen LogP contribution in [-0.4, -0.2) is 18.5 Å². The predicted octanol–water partition coefficient (Wildman–Crippen LogP) is 2.85. The number of nitrogens with one attached hydrogen (secondary N) is 1. The van der Waals surface area contributed by atoms with Gasteiger partial charge in [-0.05, 0) is 31.7 Å². The van der Waals surface area contributed by atoms with Gasteiger partial charge in [0, 0.05) is 0 Å². The minimum atomic E-state index is -1.25. The minimum Gasteiger partial charge on any atom is -0.465 e. The van der Waals surface area contributed by atoms with Gasteiger partial charge >= 0.3 is 5.97 Å². The monoisotopic (exact) mass is 307 g/mol. The van der Waals surface area contributed by atoms with Gasteiger partial charge in [-0.2, -0.15) is 0 Å². The number of hydroxylamine groups is 1. The van der Waals surface area contributed by atoms with Gasteiger partial charge in [0.15, 0.2) is 0 Å². The molecular formula is C17H25NO4. The summed E-state index contributed by atoms with van der Waals surface area (Å²) in [5, 5.41) is 0. The highest BCUT2D eigenvalue weighted by Gasteiger charge is 2.43. The second-order valence-corrected chi connectivity index (χ2v) is 5.86. The van der Waals surface area contributed by atoms with Crippen molar-refractivity contribution < 1.29 is 19.2 Å². The smallest absolute Gasteiger partial charge is 0.321 e. The molecule has 0 aliphatic carbocycles. The highest BCUT2D eigenvalue weighted by atomic mass is 16.7. The van der Waals surface area contributed by atoms with Gasteiger partial charge in [-0.1, -0.05) is 44.2 Å². The van der Waals surface area contributed by atoms with Gasteiger partial charge in [0.25, 0.3) is 5.91 Å². The van der Waals surface area contributed by atoms with E-state index in [9.17, 15) is 9.59 Å². The molecule has 1 amide bonds. The molecule has 0 saturated heterocycles. The van der Waals surface area contributed by atoms with Crippen LogP contribution in [0, 0.1) is 11.3 Å². The third kappa shape index (κ3) is 5.15. The molecule has 5 nitrogen and oxygen atoms in total. The van der Waals surface area contributed by atoms with E-state index in [1.165, 1.54) is 0 Å². The Kier molecular flexibility index (Phi) is 7.05. The molecule has 0 spiro atoms. The first-order valence-electron chi connectivity index (χ1n) is 7.53. The molecule has 0 aliphatic rings. The zero-order valence-corrected chi connectivity index (χ0v) is 13.7. The quantitative estimate of drug-likeness (QED) is 0.456. The lowest BCUT2D eigenvalue weighted by Crippen LogP contribution is -2.46. The summed E-state index contributed by atoms with van der Waals surface area (Å²) >= 11 is 0. The van der Waals surface area contributed by atoms with E-state index in [2.05, 4.69) is 5.48 Å². The van der Waals surface area contributed by atoms with Crippen molar-refractivity contribution >= 4 is 11.9 Å². The summed E-state index contributed by atoms with van der Waals surface area (Å²) in [6.07, 6.45) is 0.395. The Morgan fingerprint density at radius 1 is 1.23 bits per heavy atom. The van der Waals surface area contributed by atoms with Crippen molar-refractivity contribution in [2.45, 2.75) is 40.7 Å². The molecular weight excluding hydrogens is 282 g/mol. The van der Waals surface area contributed by atoms with Gasteiger partial charge in [-0.25, -0.2) is 5.48 Å². The maximum atomic E-state index is 12.4. The second kappa shape index (κ2) is 8.54. The molecule has 1 rings (SSSR count). The van der Waals surface area contributed by atoms with Crippen LogP contribution in [0.1, 0.15) is 39.7 Å². The molecule has 5 heteroatoms. The maximum absolute atomic E-state index is 12.4. The van der Waals surface area contributed by atoms with Crippen molar-refractivity contribution in [3.8, 4) is 0 Å². The zero-order chi connectivity index (χ0) is 16.6. The van der Waals surface area contributed by atoms with Crippen LogP contribution in [-0.2, 0) is 25.8 Å². The van der Waals surface area contributed by atoms with E-state index in [0.29, 0.717) is 6.42 Å². The highest BCUT2D eigenvalue weighted by Crippen LogP contribution is 2.28. The van der Waals surface area contributed by atoms with Crippen LogP contribution in [0.4, 0.5) is 0 Å². The fourth-order valence-corrected chi connectivity index (χ4v) is 2.25. The Hall–Kier alpha value is -1.88. The summed E-state index contributed by atoms with van der Waals surface area (Å²) in [5.74, 6) is -0.825. The average Bonchev–Trinajstić information content (AvgIpc) is 2.47. The van der Waals surface area contributed by atoms with E-state index in [1.54, 1.807) is 13.8 Å². The van der Waals surface area contributed by atoms with Crippen molar-refractivity contribution in [3.05, 3.63) is 35.9 Å². The normalized spacial score (nSPS) is 13.5. The molecule has 1 aromatic carbocycles. The number of ether oxygens (including phenoxy) is 1. The summed E-state index contributed by atoms with van der Waals surface area (Å²) in [4.78, 5) is 29.7. The topological polar surface area (TPSA) is 64.6 Å². The molecule has 122 valence electrons. The standard InChI is InChI=1S/C17H25NO4/c1-5-21-16(20)17(4,11-13(2)3)15(19)18-22-12-14-9-7-6-8-10-14/h6-10,13H,5,11-12H2,1-4H3,(H,18,19). The average molecular weight is 307 g/mol. The molecule has 0 fully saturated rings. The van der Waals surface area contributed by atoms with Crippen LogP contribution in [0.3, 0.4) is 0 Å². The molecule has 0 aliphatic heterocycles. The molecule has 1 N–H and O–H groups in total. The number of hydrogen-bond donors (Lipinski definition) is 1. The molecule has 0 radical (unpaired) electrons. The van der Waals surface area contributed by atoms with Gasteiger partial charge in [-0.15, -0.1) is 0 Å². The van der Waals surface area contributed by atoms with Crippen molar-refractivity contribution in [2.75, 3.05) is 6.61 Å². The molecule has 0 aromatic heterocycles. The third-order valence-corrected chi connectivity index (χ3v) is 3.29. The molecule has 22 heavy (non-hydrogen) atoms. The van der Waals surface area contributed by atoms with Crippen molar-refractivity contribution in [3.63, 3.8) is 0 Å². The Bertz CT molecular complexity index is 487. The fraction of sp³-hybridized carbons (Fsp3) is 0.529.